The van der Waals surface area contributed by atoms with Gasteiger partial charge in [-0.05, 0) is 11.8 Å². The molecule has 0 spiro atoms. The molecule has 0 saturated carbocycles. The summed E-state index contributed by atoms with van der Waals surface area (Å²) < 4.78 is 0. The first-order valence-electron chi connectivity index (χ1n) is 4.67. The molecule has 0 N–H and O–H groups in total. The van der Waals surface area contributed by atoms with Crippen molar-refractivity contribution >= 4 is 0 Å². The van der Waals surface area contributed by atoms with Gasteiger partial charge in [-0.25, -0.2) is 0 Å². The molecule has 0 aromatic carbocycles. The highest BCUT2D eigenvalue weighted by Crippen LogP contribution is 2.18. The van der Waals surface area contributed by atoms with Crippen molar-refractivity contribution in [3.8, 4) is 0 Å². The maximum Gasteiger partial charge on any atom is -0.0299 e. The Morgan fingerprint density at radius 3 is 2.00 bits per heavy atom. The molecule has 0 bridgehead atoms. The molecule has 0 aliphatic carbocycles. The molecule has 0 fully saturated rings. The van der Waals surface area contributed by atoms with Crippen molar-refractivity contribution in [2.45, 2.75) is 27.2 Å². The molecule has 0 amide bonds. The van der Waals surface area contributed by atoms with E-state index in [1.54, 1.807) is 6.08 Å². The average molecular weight is 176 g/mol. The standard InChI is InChI=1S/C13H20/c1-5-6-7-8-9-10-11-12-13(2,3)4/h5-11H,1,12H2,2-4H3/b7-6-,9-8+,11-10+. The molecule has 0 heterocycles. The van der Waals surface area contributed by atoms with Crippen LogP contribution < -0.4 is 0 Å². The summed E-state index contributed by atoms with van der Waals surface area (Å²) in [7, 11) is 0. The van der Waals surface area contributed by atoms with E-state index in [2.05, 4.69) is 39.5 Å². The molecule has 0 atom stereocenters. The van der Waals surface area contributed by atoms with E-state index >= 15 is 0 Å². The van der Waals surface area contributed by atoms with Gasteiger partial charge in [-0.15, -0.1) is 0 Å². The van der Waals surface area contributed by atoms with Crippen LogP contribution in [0, 0.1) is 5.41 Å². The van der Waals surface area contributed by atoms with E-state index in [0.29, 0.717) is 5.41 Å². The van der Waals surface area contributed by atoms with Crippen LogP contribution in [0.3, 0.4) is 0 Å². The zero-order valence-corrected chi connectivity index (χ0v) is 8.96. The van der Waals surface area contributed by atoms with Crippen molar-refractivity contribution in [1.29, 1.82) is 0 Å². The lowest BCUT2D eigenvalue weighted by molar-refractivity contribution is 0.420. The predicted octanol–water partition coefficient (Wildman–Crippen LogP) is 4.28. The van der Waals surface area contributed by atoms with Crippen molar-refractivity contribution in [3.63, 3.8) is 0 Å². The Bertz CT molecular complexity index is 209. The normalized spacial score (nSPS) is 13.5. The molecule has 13 heavy (non-hydrogen) atoms. The third-order valence-corrected chi connectivity index (χ3v) is 1.45. The Labute approximate surface area is 82.4 Å². The zero-order valence-electron chi connectivity index (χ0n) is 8.96. The first kappa shape index (κ1) is 12.0. The number of hydrogen-bond donors (Lipinski definition) is 0. The molecule has 0 aliphatic rings. The third-order valence-electron chi connectivity index (χ3n) is 1.45. The van der Waals surface area contributed by atoms with Crippen molar-refractivity contribution in [3.05, 3.63) is 49.1 Å². The van der Waals surface area contributed by atoms with E-state index in [0.717, 1.165) is 6.42 Å². The highest BCUT2D eigenvalue weighted by atomic mass is 14.1. The van der Waals surface area contributed by atoms with Gasteiger partial charge in [-0.1, -0.05) is 69.9 Å². The van der Waals surface area contributed by atoms with E-state index < -0.39 is 0 Å². The molecule has 0 aromatic heterocycles. The minimum Gasteiger partial charge on any atom is -0.0991 e. The molecule has 0 heteroatoms. The Morgan fingerprint density at radius 1 is 0.923 bits per heavy atom. The summed E-state index contributed by atoms with van der Waals surface area (Å²) in [6.45, 7) is 10.3. The van der Waals surface area contributed by atoms with Crippen LogP contribution in [-0.2, 0) is 0 Å². The SMILES string of the molecule is C=C\C=C/C=C/C=C/CC(C)(C)C. The van der Waals surface area contributed by atoms with Crippen LogP contribution in [0.25, 0.3) is 0 Å². The lowest BCUT2D eigenvalue weighted by atomic mass is 9.92. The van der Waals surface area contributed by atoms with E-state index in [4.69, 9.17) is 0 Å². The van der Waals surface area contributed by atoms with Crippen molar-refractivity contribution in [1.82, 2.24) is 0 Å². The summed E-state index contributed by atoms with van der Waals surface area (Å²) >= 11 is 0. The summed E-state index contributed by atoms with van der Waals surface area (Å²) in [5.74, 6) is 0. The van der Waals surface area contributed by atoms with Gasteiger partial charge in [0.2, 0.25) is 0 Å². The maximum atomic E-state index is 3.59. The van der Waals surface area contributed by atoms with Gasteiger partial charge in [0.1, 0.15) is 0 Å². The van der Waals surface area contributed by atoms with Gasteiger partial charge in [0.25, 0.3) is 0 Å². The molecule has 0 radical (unpaired) electrons. The lowest BCUT2D eigenvalue weighted by Gasteiger charge is -2.13. The molecule has 0 aliphatic heterocycles. The van der Waals surface area contributed by atoms with Crippen LogP contribution in [0.4, 0.5) is 0 Å². The van der Waals surface area contributed by atoms with Crippen LogP contribution in [0.15, 0.2) is 49.1 Å². The van der Waals surface area contributed by atoms with Crippen LogP contribution in [0.2, 0.25) is 0 Å². The first-order chi connectivity index (χ1) is 6.06. The summed E-state index contributed by atoms with van der Waals surface area (Å²) in [6, 6.07) is 0. The maximum absolute atomic E-state index is 3.59. The second kappa shape index (κ2) is 6.47. The van der Waals surface area contributed by atoms with Gasteiger partial charge < -0.3 is 0 Å². The van der Waals surface area contributed by atoms with Crippen molar-refractivity contribution in [2.75, 3.05) is 0 Å². The summed E-state index contributed by atoms with van der Waals surface area (Å²) in [4.78, 5) is 0. The van der Waals surface area contributed by atoms with Gasteiger partial charge in [0, 0.05) is 0 Å². The van der Waals surface area contributed by atoms with E-state index in [1.807, 2.05) is 24.3 Å². The molecule has 0 unspecified atom stereocenters. The Kier molecular flexibility index (Phi) is 5.96. The third kappa shape index (κ3) is 11.0. The second-order valence-electron chi connectivity index (χ2n) is 4.20. The second-order valence-corrected chi connectivity index (χ2v) is 4.20. The highest BCUT2D eigenvalue weighted by molar-refractivity contribution is 5.14. The molecule has 0 aromatic rings. The quantitative estimate of drug-likeness (QED) is 0.561. The van der Waals surface area contributed by atoms with Gasteiger partial charge in [0.05, 0.1) is 0 Å². The largest absolute Gasteiger partial charge is 0.0991 e. The monoisotopic (exact) mass is 176 g/mol. The molecule has 0 rings (SSSR count). The van der Waals surface area contributed by atoms with Gasteiger partial charge in [-0.3, -0.25) is 0 Å². The minimum atomic E-state index is 0.390. The van der Waals surface area contributed by atoms with Crippen LogP contribution in [0.1, 0.15) is 27.2 Å². The average Bonchev–Trinajstić information content (AvgIpc) is 2.01. The predicted molar refractivity (Wildman–Crippen MR) is 61.7 cm³/mol. The molecular formula is C13H20. The smallest absolute Gasteiger partial charge is 0.0299 e. The van der Waals surface area contributed by atoms with E-state index in [1.165, 1.54) is 0 Å². The molecular weight excluding hydrogens is 156 g/mol. The summed E-state index contributed by atoms with van der Waals surface area (Å²) in [5.41, 5.74) is 0.390. The van der Waals surface area contributed by atoms with Crippen molar-refractivity contribution < 1.29 is 0 Å². The summed E-state index contributed by atoms with van der Waals surface area (Å²) in [5, 5.41) is 0. The number of allylic oxidation sites excluding steroid dienone is 7. The summed E-state index contributed by atoms with van der Waals surface area (Å²) in [6.07, 6.45) is 15.1. The van der Waals surface area contributed by atoms with Crippen LogP contribution in [0.5, 0.6) is 0 Å². The van der Waals surface area contributed by atoms with Gasteiger partial charge >= 0.3 is 0 Å². The number of rotatable bonds is 4. The molecule has 72 valence electrons. The number of hydrogen-bond acceptors (Lipinski definition) is 0. The van der Waals surface area contributed by atoms with Gasteiger partial charge in [-0.2, -0.15) is 0 Å². The van der Waals surface area contributed by atoms with Crippen molar-refractivity contribution in [2.24, 2.45) is 5.41 Å². The van der Waals surface area contributed by atoms with Gasteiger partial charge in [0.15, 0.2) is 0 Å². The Balaban J connectivity index is 3.69. The fraction of sp³-hybridized carbons (Fsp3) is 0.385. The van der Waals surface area contributed by atoms with E-state index in [9.17, 15) is 0 Å². The molecule has 0 saturated heterocycles. The fourth-order valence-electron chi connectivity index (χ4n) is 0.771. The van der Waals surface area contributed by atoms with E-state index in [-0.39, 0.29) is 0 Å². The minimum absolute atomic E-state index is 0.390. The topological polar surface area (TPSA) is 0 Å². The first-order valence-corrected chi connectivity index (χ1v) is 4.67. The van der Waals surface area contributed by atoms with Crippen LogP contribution >= 0.6 is 0 Å². The zero-order chi connectivity index (χ0) is 10.2. The Morgan fingerprint density at radius 2 is 1.46 bits per heavy atom. The molecule has 0 nitrogen and oxygen atoms in total. The fourth-order valence-corrected chi connectivity index (χ4v) is 0.771. The lowest BCUT2D eigenvalue weighted by Crippen LogP contribution is -2.01. The Hall–Kier alpha value is -1.04. The van der Waals surface area contributed by atoms with Crippen LogP contribution in [-0.4, -0.2) is 0 Å². The highest BCUT2D eigenvalue weighted by Gasteiger charge is 2.05.